The van der Waals surface area contributed by atoms with Crippen molar-refractivity contribution in [3.8, 4) is 0 Å². The smallest absolute Gasteiger partial charge is 0.354 e. The predicted molar refractivity (Wildman–Crippen MR) is 61.2 cm³/mol. The number of aromatic amines is 1. The zero-order valence-electron chi connectivity index (χ0n) is 9.58. The second-order valence-corrected chi connectivity index (χ2v) is 4.32. The lowest BCUT2D eigenvalue weighted by molar-refractivity contribution is 0.0595. The molecular weight excluding hydrogens is 204 g/mol. The molecule has 0 aliphatic heterocycles. The maximum Gasteiger partial charge on any atom is 0.354 e. The molecule has 1 heterocycles. The number of esters is 1. The number of nitrogens with one attached hydrogen (secondary N) is 2. The van der Waals surface area contributed by atoms with Gasteiger partial charge in [0.1, 0.15) is 5.69 Å². The average Bonchev–Trinajstić information content (AvgIpc) is 3.01. The molecule has 0 bridgehead atoms. The lowest BCUT2D eigenvalue weighted by Crippen LogP contribution is -2.14. The summed E-state index contributed by atoms with van der Waals surface area (Å²) < 4.78 is 4.62. The fourth-order valence-corrected chi connectivity index (χ4v) is 1.71. The van der Waals surface area contributed by atoms with E-state index in [2.05, 4.69) is 15.0 Å². The lowest BCUT2D eigenvalue weighted by atomic mass is 10.2. The van der Waals surface area contributed by atoms with Crippen LogP contribution in [-0.4, -0.2) is 24.6 Å². The van der Waals surface area contributed by atoms with Crippen molar-refractivity contribution in [2.45, 2.75) is 25.8 Å². The van der Waals surface area contributed by atoms with Crippen LogP contribution < -0.4 is 5.32 Å². The van der Waals surface area contributed by atoms with Crippen LogP contribution >= 0.6 is 0 Å². The molecule has 1 aromatic heterocycles. The second-order valence-electron chi connectivity index (χ2n) is 4.32. The van der Waals surface area contributed by atoms with E-state index < -0.39 is 0 Å². The summed E-state index contributed by atoms with van der Waals surface area (Å²) in [5.41, 5.74) is 1.61. The molecule has 2 rings (SSSR count). The molecule has 2 N–H and O–H groups in total. The number of aromatic nitrogens is 1. The first-order valence-electron chi connectivity index (χ1n) is 5.76. The van der Waals surface area contributed by atoms with Crippen LogP contribution in [0.1, 0.15) is 35.3 Å². The Hall–Kier alpha value is -1.29. The number of ether oxygens (including phenoxy) is 1. The first-order chi connectivity index (χ1) is 7.79. The van der Waals surface area contributed by atoms with Gasteiger partial charge in [-0.25, -0.2) is 4.79 Å². The third-order valence-corrected chi connectivity index (χ3v) is 2.90. The van der Waals surface area contributed by atoms with Gasteiger partial charge < -0.3 is 15.0 Å². The van der Waals surface area contributed by atoms with Crippen molar-refractivity contribution in [3.05, 3.63) is 23.5 Å². The topological polar surface area (TPSA) is 54.1 Å². The monoisotopic (exact) mass is 222 g/mol. The third kappa shape index (κ3) is 3.10. The number of methoxy groups -OCH3 is 1. The van der Waals surface area contributed by atoms with Crippen LogP contribution in [0.5, 0.6) is 0 Å². The van der Waals surface area contributed by atoms with Crippen LogP contribution in [0, 0.1) is 5.92 Å². The lowest BCUT2D eigenvalue weighted by Gasteiger charge is -2.01. The van der Waals surface area contributed by atoms with E-state index >= 15 is 0 Å². The Morgan fingerprint density at radius 2 is 2.44 bits per heavy atom. The van der Waals surface area contributed by atoms with E-state index in [1.807, 2.05) is 12.3 Å². The Morgan fingerprint density at radius 1 is 1.62 bits per heavy atom. The highest BCUT2D eigenvalue weighted by molar-refractivity contribution is 5.87. The molecule has 0 amide bonds. The van der Waals surface area contributed by atoms with Crippen molar-refractivity contribution >= 4 is 5.97 Å². The van der Waals surface area contributed by atoms with Crippen molar-refractivity contribution < 1.29 is 9.53 Å². The fourth-order valence-electron chi connectivity index (χ4n) is 1.71. The second kappa shape index (κ2) is 5.16. The van der Waals surface area contributed by atoms with Crippen molar-refractivity contribution in [2.24, 2.45) is 5.92 Å². The van der Waals surface area contributed by atoms with Gasteiger partial charge in [-0.3, -0.25) is 0 Å². The Morgan fingerprint density at radius 3 is 3.12 bits per heavy atom. The normalized spacial score (nSPS) is 15.1. The highest BCUT2D eigenvalue weighted by atomic mass is 16.5. The minimum absolute atomic E-state index is 0.316. The zero-order chi connectivity index (χ0) is 11.4. The molecule has 1 fully saturated rings. The molecule has 1 saturated carbocycles. The Labute approximate surface area is 95.4 Å². The van der Waals surface area contributed by atoms with Gasteiger partial charge in [0.15, 0.2) is 0 Å². The van der Waals surface area contributed by atoms with E-state index in [9.17, 15) is 4.79 Å². The molecule has 88 valence electrons. The van der Waals surface area contributed by atoms with Gasteiger partial charge in [-0.1, -0.05) is 12.8 Å². The molecule has 1 aliphatic rings. The number of carbonyl (C=O) groups excluding carboxylic acids is 1. The van der Waals surface area contributed by atoms with Gasteiger partial charge in [0.2, 0.25) is 0 Å². The average molecular weight is 222 g/mol. The maximum atomic E-state index is 11.2. The Kier molecular flexibility index (Phi) is 3.62. The van der Waals surface area contributed by atoms with Gasteiger partial charge in [0.25, 0.3) is 0 Å². The molecule has 1 aliphatic carbocycles. The van der Waals surface area contributed by atoms with E-state index in [0.29, 0.717) is 5.69 Å². The van der Waals surface area contributed by atoms with Gasteiger partial charge in [-0.2, -0.15) is 0 Å². The highest BCUT2D eigenvalue weighted by Crippen LogP contribution is 2.31. The number of rotatable bonds is 6. The summed E-state index contributed by atoms with van der Waals surface area (Å²) in [5.74, 6) is 0.647. The maximum absolute atomic E-state index is 11.2. The Balaban J connectivity index is 1.71. The van der Waals surface area contributed by atoms with Crippen molar-refractivity contribution in [1.82, 2.24) is 10.3 Å². The van der Waals surface area contributed by atoms with Gasteiger partial charge in [-0.15, -0.1) is 0 Å². The van der Waals surface area contributed by atoms with E-state index in [1.54, 1.807) is 0 Å². The first kappa shape index (κ1) is 11.2. The third-order valence-electron chi connectivity index (χ3n) is 2.90. The minimum Gasteiger partial charge on any atom is -0.464 e. The predicted octanol–water partition coefficient (Wildman–Crippen LogP) is 1.69. The van der Waals surface area contributed by atoms with Crippen LogP contribution in [0.15, 0.2) is 12.3 Å². The Bertz CT molecular complexity index is 356. The molecule has 1 aromatic rings. The van der Waals surface area contributed by atoms with Gasteiger partial charge in [-0.05, 0) is 30.5 Å². The SMILES string of the molecule is COC(=O)c1cc(CNCCC2CC2)c[nH]1. The quantitative estimate of drug-likeness (QED) is 0.569. The van der Waals surface area contributed by atoms with Crippen molar-refractivity contribution in [2.75, 3.05) is 13.7 Å². The molecule has 0 unspecified atom stereocenters. The largest absolute Gasteiger partial charge is 0.464 e. The molecular formula is C12H18N2O2. The standard InChI is InChI=1S/C12H18N2O2/c1-16-12(15)11-6-10(8-14-11)7-13-5-4-9-2-3-9/h6,8-9,13-14H,2-5,7H2,1H3. The van der Waals surface area contributed by atoms with Crippen LogP contribution in [0.25, 0.3) is 0 Å². The van der Waals surface area contributed by atoms with Gasteiger partial charge in [0.05, 0.1) is 7.11 Å². The van der Waals surface area contributed by atoms with Crippen LogP contribution in [0.3, 0.4) is 0 Å². The van der Waals surface area contributed by atoms with E-state index in [0.717, 1.165) is 24.6 Å². The molecule has 4 heteroatoms. The van der Waals surface area contributed by atoms with Gasteiger partial charge in [0, 0.05) is 12.7 Å². The molecule has 0 saturated heterocycles. The van der Waals surface area contributed by atoms with E-state index in [1.165, 1.54) is 26.4 Å². The van der Waals surface area contributed by atoms with E-state index in [4.69, 9.17) is 0 Å². The minimum atomic E-state index is -0.316. The summed E-state index contributed by atoms with van der Waals surface area (Å²) in [6.07, 6.45) is 5.92. The number of carbonyl (C=O) groups is 1. The summed E-state index contributed by atoms with van der Waals surface area (Å²) in [6, 6.07) is 1.83. The molecule has 0 spiro atoms. The van der Waals surface area contributed by atoms with Crippen molar-refractivity contribution in [3.63, 3.8) is 0 Å². The zero-order valence-corrected chi connectivity index (χ0v) is 9.58. The van der Waals surface area contributed by atoms with Crippen LogP contribution in [-0.2, 0) is 11.3 Å². The molecule has 16 heavy (non-hydrogen) atoms. The summed E-state index contributed by atoms with van der Waals surface area (Å²) >= 11 is 0. The van der Waals surface area contributed by atoms with E-state index in [-0.39, 0.29) is 5.97 Å². The van der Waals surface area contributed by atoms with Crippen LogP contribution in [0.2, 0.25) is 0 Å². The fraction of sp³-hybridized carbons (Fsp3) is 0.583. The molecule has 4 nitrogen and oxygen atoms in total. The number of H-pyrrole nitrogens is 1. The summed E-state index contributed by atoms with van der Waals surface area (Å²) in [7, 11) is 1.39. The summed E-state index contributed by atoms with van der Waals surface area (Å²) in [5, 5.41) is 3.37. The molecule has 0 aromatic carbocycles. The summed E-state index contributed by atoms with van der Waals surface area (Å²) in [6.45, 7) is 1.86. The molecule has 0 radical (unpaired) electrons. The number of hydrogen-bond acceptors (Lipinski definition) is 3. The highest BCUT2D eigenvalue weighted by Gasteiger charge is 2.19. The number of hydrogen-bond donors (Lipinski definition) is 2. The molecule has 0 atom stereocenters. The van der Waals surface area contributed by atoms with Gasteiger partial charge >= 0.3 is 5.97 Å². The van der Waals surface area contributed by atoms with Crippen molar-refractivity contribution in [1.29, 1.82) is 0 Å². The van der Waals surface area contributed by atoms with Crippen LogP contribution in [0.4, 0.5) is 0 Å². The first-order valence-corrected chi connectivity index (χ1v) is 5.76. The summed E-state index contributed by atoms with van der Waals surface area (Å²) in [4.78, 5) is 14.1.